The average Bonchev–Trinajstić information content (AvgIpc) is 3.20. The van der Waals surface area contributed by atoms with Gasteiger partial charge in [0, 0.05) is 12.6 Å². The van der Waals surface area contributed by atoms with Gasteiger partial charge in [-0.2, -0.15) is 5.26 Å². The standard InChI is InChI=1S/C17H15N5OS2/c1-11-5-3-4-6-13(11)15-20-21-17(22(15)2)25-10-14(23)19-16-12(9-18)7-8-24-16/h3-8H,10H2,1-2H3,(H,19,23). The highest BCUT2D eigenvalue weighted by atomic mass is 32.2. The van der Waals surface area contributed by atoms with Crippen molar-refractivity contribution in [1.82, 2.24) is 14.8 Å². The van der Waals surface area contributed by atoms with E-state index in [0.29, 0.717) is 15.7 Å². The minimum absolute atomic E-state index is 0.176. The van der Waals surface area contributed by atoms with Crippen molar-refractivity contribution in [2.24, 2.45) is 7.05 Å². The van der Waals surface area contributed by atoms with E-state index in [1.165, 1.54) is 23.1 Å². The molecule has 1 amide bonds. The predicted octanol–water partition coefficient (Wildman–Crippen LogP) is 3.45. The minimum Gasteiger partial charge on any atom is -0.316 e. The Hall–Kier alpha value is -2.63. The van der Waals surface area contributed by atoms with E-state index in [1.54, 1.807) is 11.4 Å². The van der Waals surface area contributed by atoms with Gasteiger partial charge in [0.15, 0.2) is 11.0 Å². The molecule has 0 atom stereocenters. The highest BCUT2D eigenvalue weighted by Crippen LogP contribution is 2.26. The van der Waals surface area contributed by atoms with Crippen molar-refractivity contribution in [3.05, 3.63) is 46.8 Å². The average molecular weight is 369 g/mol. The summed E-state index contributed by atoms with van der Waals surface area (Å²) in [4.78, 5) is 12.1. The molecule has 1 N–H and O–H groups in total. The van der Waals surface area contributed by atoms with Crippen molar-refractivity contribution in [3.63, 3.8) is 0 Å². The van der Waals surface area contributed by atoms with Gasteiger partial charge in [0.05, 0.1) is 11.3 Å². The van der Waals surface area contributed by atoms with E-state index in [1.807, 2.05) is 42.8 Å². The molecule has 0 spiro atoms. The summed E-state index contributed by atoms with van der Waals surface area (Å²) in [5.41, 5.74) is 2.61. The van der Waals surface area contributed by atoms with Crippen molar-refractivity contribution in [2.45, 2.75) is 12.1 Å². The summed E-state index contributed by atoms with van der Waals surface area (Å²) in [5, 5.41) is 23.2. The molecule has 0 aliphatic carbocycles. The first kappa shape index (κ1) is 17.2. The first-order valence-corrected chi connectivity index (χ1v) is 9.32. The van der Waals surface area contributed by atoms with E-state index < -0.39 is 0 Å². The summed E-state index contributed by atoms with van der Waals surface area (Å²) in [6.45, 7) is 2.03. The lowest BCUT2D eigenvalue weighted by Gasteiger charge is -2.06. The Morgan fingerprint density at radius 1 is 1.36 bits per heavy atom. The summed E-state index contributed by atoms with van der Waals surface area (Å²) in [6.07, 6.45) is 0. The molecule has 2 aromatic heterocycles. The molecule has 0 bridgehead atoms. The summed E-state index contributed by atoms with van der Waals surface area (Å²) >= 11 is 2.64. The fourth-order valence-electron chi connectivity index (χ4n) is 2.29. The number of aryl methyl sites for hydroxylation is 1. The van der Waals surface area contributed by atoms with Crippen LogP contribution in [0.4, 0.5) is 5.00 Å². The Morgan fingerprint density at radius 3 is 2.92 bits per heavy atom. The highest BCUT2D eigenvalue weighted by molar-refractivity contribution is 7.99. The molecular weight excluding hydrogens is 354 g/mol. The third kappa shape index (κ3) is 3.73. The largest absolute Gasteiger partial charge is 0.316 e. The number of nitriles is 1. The number of amides is 1. The molecule has 2 heterocycles. The maximum atomic E-state index is 12.1. The number of aromatic nitrogens is 3. The summed E-state index contributed by atoms with van der Waals surface area (Å²) < 4.78 is 1.88. The molecule has 25 heavy (non-hydrogen) atoms. The first-order chi connectivity index (χ1) is 12.1. The van der Waals surface area contributed by atoms with Crippen LogP contribution in [-0.2, 0) is 11.8 Å². The molecule has 8 heteroatoms. The number of carbonyl (C=O) groups excluding carboxylic acids is 1. The van der Waals surface area contributed by atoms with Gasteiger partial charge >= 0.3 is 0 Å². The molecule has 0 fully saturated rings. The number of hydrogen-bond donors (Lipinski definition) is 1. The first-order valence-electron chi connectivity index (χ1n) is 7.45. The van der Waals surface area contributed by atoms with Gasteiger partial charge in [0.25, 0.3) is 0 Å². The molecule has 0 radical (unpaired) electrons. The van der Waals surface area contributed by atoms with Crippen LogP contribution in [0.1, 0.15) is 11.1 Å². The van der Waals surface area contributed by atoms with Gasteiger partial charge in [-0.25, -0.2) is 0 Å². The smallest absolute Gasteiger partial charge is 0.235 e. The lowest BCUT2D eigenvalue weighted by molar-refractivity contribution is -0.113. The zero-order valence-electron chi connectivity index (χ0n) is 13.7. The van der Waals surface area contributed by atoms with Crippen LogP contribution in [0.25, 0.3) is 11.4 Å². The Bertz CT molecular complexity index is 954. The normalized spacial score (nSPS) is 10.4. The lowest BCUT2D eigenvalue weighted by atomic mass is 10.1. The molecule has 1 aromatic carbocycles. The maximum absolute atomic E-state index is 12.1. The number of hydrogen-bond acceptors (Lipinski definition) is 6. The van der Waals surface area contributed by atoms with E-state index in [9.17, 15) is 4.79 Å². The van der Waals surface area contributed by atoms with Gasteiger partial charge in [0.1, 0.15) is 11.1 Å². The van der Waals surface area contributed by atoms with Crippen LogP contribution in [0.15, 0.2) is 40.9 Å². The van der Waals surface area contributed by atoms with Crippen LogP contribution in [0.3, 0.4) is 0 Å². The van der Waals surface area contributed by atoms with Crippen LogP contribution >= 0.6 is 23.1 Å². The molecule has 0 unspecified atom stereocenters. The van der Waals surface area contributed by atoms with Gasteiger partial charge < -0.3 is 9.88 Å². The molecule has 0 aliphatic rings. The number of anilines is 1. The molecule has 6 nitrogen and oxygen atoms in total. The highest BCUT2D eigenvalue weighted by Gasteiger charge is 2.15. The number of nitrogens with one attached hydrogen (secondary N) is 1. The van der Waals surface area contributed by atoms with E-state index in [0.717, 1.165) is 17.0 Å². The van der Waals surface area contributed by atoms with Crippen LogP contribution in [-0.4, -0.2) is 26.4 Å². The van der Waals surface area contributed by atoms with Gasteiger partial charge in [0.2, 0.25) is 5.91 Å². The summed E-state index contributed by atoms with van der Waals surface area (Å²) in [5.74, 6) is 0.790. The zero-order chi connectivity index (χ0) is 17.8. The molecule has 3 aromatic rings. The SMILES string of the molecule is Cc1ccccc1-c1nnc(SCC(=O)Nc2sccc2C#N)n1C. The molecule has 0 saturated heterocycles. The Morgan fingerprint density at radius 2 is 2.16 bits per heavy atom. The monoisotopic (exact) mass is 369 g/mol. The molecule has 0 saturated carbocycles. The number of thioether (sulfide) groups is 1. The number of rotatable bonds is 5. The van der Waals surface area contributed by atoms with Crippen LogP contribution in [0, 0.1) is 18.3 Å². The maximum Gasteiger partial charge on any atom is 0.235 e. The fourth-order valence-corrected chi connectivity index (χ4v) is 3.75. The van der Waals surface area contributed by atoms with E-state index in [2.05, 4.69) is 21.6 Å². The number of nitrogens with zero attached hydrogens (tertiary/aromatic N) is 4. The molecule has 3 rings (SSSR count). The van der Waals surface area contributed by atoms with Gasteiger partial charge in [-0.15, -0.1) is 21.5 Å². The Kier molecular flexibility index (Phi) is 5.16. The van der Waals surface area contributed by atoms with Crippen molar-refractivity contribution in [2.75, 3.05) is 11.1 Å². The third-order valence-corrected chi connectivity index (χ3v) is 5.44. The fraction of sp³-hybridized carbons (Fsp3) is 0.176. The van der Waals surface area contributed by atoms with Crippen molar-refractivity contribution in [1.29, 1.82) is 5.26 Å². The Labute approximate surface area is 153 Å². The van der Waals surface area contributed by atoms with Crippen LogP contribution in [0.5, 0.6) is 0 Å². The quantitative estimate of drug-likeness (QED) is 0.696. The van der Waals surface area contributed by atoms with Crippen LogP contribution in [0.2, 0.25) is 0 Å². The van der Waals surface area contributed by atoms with Gasteiger partial charge in [-0.3, -0.25) is 4.79 Å². The number of benzene rings is 1. The summed E-state index contributed by atoms with van der Waals surface area (Å²) in [6, 6.07) is 11.7. The Balaban J connectivity index is 1.68. The van der Waals surface area contributed by atoms with Crippen molar-refractivity contribution >= 4 is 34.0 Å². The number of thiophene rings is 1. The number of carbonyl (C=O) groups is 1. The minimum atomic E-state index is -0.176. The third-order valence-electron chi connectivity index (χ3n) is 3.59. The second-order valence-corrected chi connectivity index (χ2v) is 7.15. The predicted molar refractivity (Wildman–Crippen MR) is 99.6 cm³/mol. The summed E-state index contributed by atoms with van der Waals surface area (Å²) in [7, 11) is 1.88. The lowest BCUT2D eigenvalue weighted by Crippen LogP contribution is -2.14. The molecule has 0 aliphatic heterocycles. The molecule has 126 valence electrons. The van der Waals surface area contributed by atoms with Gasteiger partial charge in [-0.05, 0) is 23.9 Å². The van der Waals surface area contributed by atoms with E-state index in [4.69, 9.17) is 5.26 Å². The molecular formula is C17H15N5OS2. The second-order valence-electron chi connectivity index (χ2n) is 5.29. The zero-order valence-corrected chi connectivity index (χ0v) is 15.3. The second kappa shape index (κ2) is 7.51. The van der Waals surface area contributed by atoms with Crippen LogP contribution < -0.4 is 5.32 Å². The van der Waals surface area contributed by atoms with Gasteiger partial charge in [-0.1, -0.05) is 36.0 Å². The van der Waals surface area contributed by atoms with Crippen molar-refractivity contribution < 1.29 is 4.79 Å². The van der Waals surface area contributed by atoms with E-state index in [-0.39, 0.29) is 11.7 Å². The van der Waals surface area contributed by atoms with E-state index >= 15 is 0 Å². The van der Waals surface area contributed by atoms with Crippen molar-refractivity contribution in [3.8, 4) is 17.5 Å². The topological polar surface area (TPSA) is 83.6 Å².